The van der Waals surface area contributed by atoms with Gasteiger partial charge in [-0.1, -0.05) is 23.9 Å². The van der Waals surface area contributed by atoms with Crippen LogP contribution in [0.3, 0.4) is 0 Å². The highest BCUT2D eigenvalue weighted by Gasteiger charge is 2.27. The number of hydrogen-bond acceptors (Lipinski definition) is 5. The fraction of sp³-hybridized carbons (Fsp3) is 0.400. The van der Waals surface area contributed by atoms with Crippen molar-refractivity contribution in [1.82, 2.24) is 14.2 Å². The minimum atomic E-state index is -3.49. The number of carbonyl (C=O) groups excluding carboxylic acids is 1. The third-order valence-electron chi connectivity index (χ3n) is 4.75. The quantitative estimate of drug-likeness (QED) is 0.594. The van der Waals surface area contributed by atoms with Gasteiger partial charge in [0.25, 0.3) is 0 Å². The van der Waals surface area contributed by atoms with Gasteiger partial charge in [-0.25, -0.2) is 17.8 Å². The van der Waals surface area contributed by atoms with E-state index < -0.39 is 10.0 Å². The van der Waals surface area contributed by atoms with Crippen LogP contribution in [0.5, 0.6) is 0 Å². The molecule has 2 heterocycles. The SMILES string of the molecule is CCN(Cc1cccc(F)c1)C(=O)CSc1ccc(S(=O)(=O)N2CCCC2)cn1. The Hall–Kier alpha value is -1.97. The monoisotopic (exact) mass is 437 g/mol. The standard InChI is InChI=1S/C20H24FN3O3S2/c1-2-23(14-16-6-5-7-17(21)12-16)20(25)15-28-19-9-8-18(13-22-19)29(26,27)24-10-3-4-11-24/h5-9,12-13H,2-4,10-11,14-15H2,1H3. The minimum Gasteiger partial charge on any atom is -0.338 e. The van der Waals surface area contributed by atoms with Crippen molar-refractivity contribution in [3.05, 3.63) is 54.0 Å². The Labute approximate surface area is 175 Å². The molecule has 9 heteroatoms. The molecule has 1 amide bonds. The van der Waals surface area contributed by atoms with E-state index in [1.807, 2.05) is 6.92 Å². The van der Waals surface area contributed by atoms with Gasteiger partial charge in [0.1, 0.15) is 10.7 Å². The number of sulfonamides is 1. The first-order chi connectivity index (χ1) is 13.9. The summed E-state index contributed by atoms with van der Waals surface area (Å²) in [7, 11) is -3.49. The van der Waals surface area contributed by atoms with Gasteiger partial charge < -0.3 is 4.90 Å². The van der Waals surface area contributed by atoms with E-state index in [1.165, 1.54) is 40.5 Å². The molecular weight excluding hydrogens is 413 g/mol. The van der Waals surface area contributed by atoms with E-state index in [2.05, 4.69) is 4.98 Å². The molecule has 29 heavy (non-hydrogen) atoms. The van der Waals surface area contributed by atoms with Crippen LogP contribution < -0.4 is 0 Å². The number of carbonyl (C=O) groups is 1. The molecule has 0 bridgehead atoms. The first-order valence-electron chi connectivity index (χ1n) is 9.51. The summed E-state index contributed by atoms with van der Waals surface area (Å²) in [6.45, 7) is 3.82. The summed E-state index contributed by atoms with van der Waals surface area (Å²) in [5.41, 5.74) is 0.736. The summed E-state index contributed by atoms with van der Waals surface area (Å²) >= 11 is 1.25. The van der Waals surface area contributed by atoms with Gasteiger partial charge in [-0.3, -0.25) is 4.79 Å². The Balaban J connectivity index is 1.58. The number of amides is 1. The first-order valence-corrected chi connectivity index (χ1v) is 11.9. The highest BCUT2D eigenvalue weighted by atomic mass is 32.2. The van der Waals surface area contributed by atoms with Gasteiger partial charge in [0.2, 0.25) is 15.9 Å². The predicted molar refractivity (Wildman–Crippen MR) is 110 cm³/mol. The topological polar surface area (TPSA) is 70.6 Å². The fourth-order valence-corrected chi connectivity index (χ4v) is 5.35. The maximum atomic E-state index is 13.3. The lowest BCUT2D eigenvalue weighted by molar-refractivity contribution is -0.128. The maximum absolute atomic E-state index is 13.3. The van der Waals surface area contributed by atoms with Crippen LogP contribution in [-0.4, -0.2) is 53.9 Å². The Morgan fingerprint density at radius 3 is 2.62 bits per heavy atom. The van der Waals surface area contributed by atoms with Crippen molar-refractivity contribution in [1.29, 1.82) is 0 Å². The summed E-state index contributed by atoms with van der Waals surface area (Å²) in [6.07, 6.45) is 3.11. The van der Waals surface area contributed by atoms with Gasteiger partial charge in [0.15, 0.2) is 0 Å². The number of aromatic nitrogens is 1. The smallest absolute Gasteiger partial charge is 0.244 e. The molecule has 1 saturated heterocycles. The minimum absolute atomic E-state index is 0.0858. The second-order valence-electron chi connectivity index (χ2n) is 6.77. The van der Waals surface area contributed by atoms with E-state index in [4.69, 9.17) is 0 Å². The fourth-order valence-electron chi connectivity index (χ4n) is 3.14. The van der Waals surface area contributed by atoms with Gasteiger partial charge in [0.05, 0.1) is 10.8 Å². The predicted octanol–water partition coefficient (Wildman–Crippen LogP) is 3.15. The highest BCUT2D eigenvalue weighted by molar-refractivity contribution is 7.99. The van der Waals surface area contributed by atoms with Crippen LogP contribution in [-0.2, 0) is 21.4 Å². The van der Waals surface area contributed by atoms with Crippen LogP contribution in [0.2, 0.25) is 0 Å². The number of pyridine rings is 1. The third kappa shape index (κ3) is 5.55. The molecule has 1 fully saturated rings. The number of halogens is 1. The molecule has 0 atom stereocenters. The Kier molecular flexibility index (Phi) is 7.26. The van der Waals surface area contributed by atoms with Crippen LogP contribution in [0.1, 0.15) is 25.3 Å². The summed E-state index contributed by atoms with van der Waals surface area (Å²) in [5, 5.41) is 0.584. The van der Waals surface area contributed by atoms with E-state index in [0.717, 1.165) is 18.4 Å². The molecule has 1 aliphatic rings. The van der Waals surface area contributed by atoms with E-state index in [9.17, 15) is 17.6 Å². The van der Waals surface area contributed by atoms with Crippen molar-refractivity contribution in [2.75, 3.05) is 25.4 Å². The first kappa shape index (κ1) is 21.7. The van der Waals surface area contributed by atoms with Crippen molar-refractivity contribution < 1.29 is 17.6 Å². The van der Waals surface area contributed by atoms with Crippen LogP contribution in [0, 0.1) is 5.82 Å². The lowest BCUT2D eigenvalue weighted by Crippen LogP contribution is -2.31. The number of rotatable bonds is 8. The zero-order valence-corrected chi connectivity index (χ0v) is 17.9. The average Bonchev–Trinajstić information content (AvgIpc) is 3.26. The lowest BCUT2D eigenvalue weighted by atomic mass is 10.2. The van der Waals surface area contributed by atoms with Crippen molar-refractivity contribution >= 4 is 27.7 Å². The average molecular weight is 438 g/mol. The molecule has 1 aromatic heterocycles. The third-order valence-corrected chi connectivity index (χ3v) is 7.56. The molecule has 1 aliphatic heterocycles. The van der Waals surface area contributed by atoms with Crippen LogP contribution in [0.25, 0.3) is 0 Å². The summed E-state index contributed by atoms with van der Waals surface area (Å²) in [5.74, 6) is -0.236. The normalized spacial score (nSPS) is 14.8. The molecule has 0 spiro atoms. The van der Waals surface area contributed by atoms with Crippen LogP contribution in [0.4, 0.5) is 4.39 Å². The van der Waals surface area contributed by atoms with E-state index in [-0.39, 0.29) is 22.4 Å². The van der Waals surface area contributed by atoms with Gasteiger partial charge in [-0.05, 0) is 49.6 Å². The molecule has 3 rings (SSSR count). The number of hydrogen-bond donors (Lipinski definition) is 0. The molecule has 156 valence electrons. The number of benzene rings is 1. The van der Waals surface area contributed by atoms with E-state index in [0.29, 0.717) is 31.2 Å². The van der Waals surface area contributed by atoms with Crippen molar-refractivity contribution in [2.45, 2.75) is 36.2 Å². The van der Waals surface area contributed by atoms with Crippen LogP contribution in [0.15, 0.2) is 52.5 Å². The Bertz CT molecular complexity index is 946. The molecule has 6 nitrogen and oxygen atoms in total. The van der Waals surface area contributed by atoms with E-state index in [1.54, 1.807) is 23.1 Å². The second-order valence-corrected chi connectivity index (χ2v) is 9.70. The Morgan fingerprint density at radius 2 is 2.00 bits per heavy atom. The molecule has 0 N–H and O–H groups in total. The Morgan fingerprint density at radius 1 is 1.24 bits per heavy atom. The molecule has 0 unspecified atom stereocenters. The number of nitrogens with zero attached hydrogens (tertiary/aromatic N) is 3. The molecular formula is C20H24FN3O3S2. The lowest BCUT2D eigenvalue weighted by Gasteiger charge is -2.21. The van der Waals surface area contributed by atoms with Gasteiger partial charge in [-0.2, -0.15) is 4.31 Å². The van der Waals surface area contributed by atoms with E-state index >= 15 is 0 Å². The molecule has 1 aromatic carbocycles. The number of thioether (sulfide) groups is 1. The summed E-state index contributed by atoms with van der Waals surface area (Å²) < 4.78 is 39.9. The zero-order chi connectivity index (χ0) is 20.9. The van der Waals surface area contributed by atoms with Gasteiger partial charge >= 0.3 is 0 Å². The van der Waals surface area contributed by atoms with Gasteiger partial charge in [-0.15, -0.1) is 0 Å². The van der Waals surface area contributed by atoms with Crippen LogP contribution >= 0.6 is 11.8 Å². The maximum Gasteiger partial charge on any atom is 0.244 e. The summed E-state index contributed by atoms with van der Waals surface area (Å²) in [6, 6.07) is 9.37. The highest BCUT2D eigenvalue weighted by Crippen LogP contribution is 2.23. The largest absolute Gasteiger partial charge is 0.338 e. The van der Waals surface area contributed by atoms with Crippen molar-refractivity contribution in [2.24, 2.45) is 0 Å². The zero-order valence-electron chi connectivity index (χ0n) is 16.3. The van der Waals surface area contributed by atoms with Crippen molar-refractivity contribution in [3.8, 4) is 0 Å². The molecule has 2 aromatic rings. The van der Waals surface area contributed by atoms with Crippen molar-refractivity contribution in [3.63, 3.8) is 0 Å². The molecule has 0 aliphatic carbocycles. The summed E-state index contributed by atoms with van der Waals surface area (Å²) in [4.78, 5) is 18.5. The van der Waals surface area contributed by atoms with Gasteiger partial charge in [0, 0.05) is 32.4 Å². The molecule has 0 radical (unpaired) electrons. The molecule has 0 saturated carbocycles. The second kappa shape index (κ2) is 9.69.